The number of hydrogen-bond donors (Lipinski definition) is 1. The predicted molar refractivity (Wildman–Crippen MR) is 83.4 cm³/mol. The van der Waals surface area contributed by atoms with E-state index in [0.717, 1.165) is 12.0 Å². The Balaban J connectivity index is 1.65. The summed E-state index contributed by atoms with van der Waals surface area (Å²) in [4.78, 5) is 0. The summed E-state index contributed by atoms with van der Waals surface area (Å²) in [6.07, 6.45) is 11.0. The van der Waals surface area contributed by atoms with Gasteiger partial charge < -0.3 is 5.32 Å². The summed E-state index contributed by atoms with van der Waals surface area (Å²) in [7, 11) is 0. The molecule has 106 valence electrons. The lowest BCUT2D eigenvalue weighted by atomic mass is 10.0. The highest BCUT2D eigenvalue weighted by Crippen LogP contribution is 2.34. The van der Waals surface area contributed by atoms with E-state index >= 15 is 0 Å². The zero-order valence-electron chi connectivity index (χ0n) is 12.4. The summed E-state index contributed by atoms with van der Waals surface area (Å²) in [5.74, 6) is 1.07. The van der Waals surface area contributed by atoms with E-state index in [4.69, 9.17) is 0 Å². The molecule has 1 aromatic carbocycles. The van der Waals surface area contributed by atoms with E-state index in [1.165, 1.54) is 63.5 Å². The lowest BCUT2D eigenvalue weighted by Crippen LogP contribution is -2.30. The number of rotatable bonds is 10. The Kier molecular flexibility index (Phi) is 6.43. The van der Waals surface area contributed by atoms with Crippen molar-refractivity contribution in [2.24, 2.45) is 5.92 Å². The van der Waals surface area contributed by atoms with Gasteiger partial charge in [0.15, 0.2) is 0 Å². The molecule has 19 heavy (non-hydrogen) atoms. The maximum Gasteiger partial charge on any atom is 0.00672 e. The van der Waals surface area contributed by atoms with Gasteiger partial charge in [0.05, 0.1) is 0 Å². The van der Waals surface area contributed by atoms with Crippen LogP contribution >= 0.6 is 0 Å². The minimum atomic E-state index is 0.754. The SMILES string of the molecule is CCCNC(CCCc1ccccc1)CCC1CC1. The first-order valence-corrected chi connectivity index (χ1v) is 8.15. The van der Waals surface area contributed by atoms with Crippen molar-refractivity contribution in [2.75, 3.05) is 6.54 Å². The van der Waals surface area contributed by atoms with Crippen LogP contribution in [0.1, 0.15) is 57.4 Å². The third-order valence-electron chi connectivity index (χ3n) is 4.16. The topological polar surface area (TPSA) is 12.0 Å². The van der Waals surface area contributed by atoms with Crippen LogP contribution in [0.2, 0.25) is 0 Å². The predicted octanol–water partition coefficient (Wildman–Crippen LogP) is 4.57. The molecule has 1 aliphatic carbocycles. The fraction of sp³-hybridized carbons (Fsp3) is 0.667. The van der Waals surface area contributed by atoms with E-state index in [2.05, 4.69) is 42.6 Å². The fourth-order valence-corrected chi connectivity index (χ4v) is 2.74. The molecule has 0 heterocycles. The Morgan fingerprint density at radius 3 is 2.63 bits per heavy atom. The van der Waals surface area contributed by atoms with Crippen molar-refractivity contribution in [2.45, 2.75) is 64.3 Å². The van der Waals surface area contributed by atoms with Gasteiger partial charge in [0.1, 0.15) is 0 Å². The zero-order chi connectivity index (χ0) is 13.3. The molecule has 1 N–H and O–H groups in total. The van der Waals surface area contributed by atoms with Crippen molar-refractivity contribution >= 4 is 0 Å². The van der Waals surface area contributed by atoms with Crippen molar-refractivity contribution in [1.82, 2.24) is 5.32 Å². The molecule has 0 saturated heterocycles. The second-order valence-corrected chi connectivity index (χ2v) is 6.05. The minimum absolute atomic E-state index is 0.754. The lowest BCUT2D eigenvalue weighted by Gasteiger charge is -2.18. The molecule has 1 saturated carbocycles. The van der Waals surface area contributed by atoms with Crippen molar-refractivity contribution in [3.63, 3.8) is 0 Å². The third kappa shape index (κ3) is 6.24. The van der Waals surface area contributed by atoms with E-state index in [0.29, 0.717) is 0 Å². The maximum atomic E-state index is 3.74. The Labute approximate surface area is 118 Å². The van der Waals surface area contributed by atoms with Gasteiger partial charge in [0.25, 0.3) is 0 Å². The molecule has 1 heteroatoms. The molecule has 0 radical (unpaired) electrons. The maximum absolute atomic E-state index is 3.74. The highest BCUT2D eigenvalue weighted by Gasteiger charge is 2.22. The van der Waals surface area contributed by atoms with Crippen molar-refractivity contribution in [3.05, 3.63) is 35.9 Å². The van der Waals surface area contributed by atoms with Crippen LogP contribution < -0.4 is 5.32 Å². The van der Waals surface area contributed by atoms with Crippen LogP contribution in [0.25, 0.3) is 0 Å². The van der Waals surface area contributed by atoms with Crippen LogP contribution in [0.4, 0.5) is 0 Å². The smallest absolute Gasteiger partial charge is 0.00672 e. The molecule has 1 unspecified atom stereocenters. The van der Waals surface area contributed by atoms with Gasteiger partial charge >= 0.3 is 0 Å². The molecular weight excluding hydrogens is 230 g/mol. The minimum Gasteiger partial charge on any atom is -0.314 e. The van der Waals surface area contributed by atoms with Crippen LogP contribution in [0.5, 0.6) is 0 Å². The Morgan fingerprint density at radius 2 is 1.95 bits per heavy atom. The van der Waals surface area contributed by atoms with Gasteiger partial charge in [-0.05, 0) is 56.6 Å². The molecule has 1 nitrogen and oxygen atoms in total. The second kappa shape index (κ2) is 8.37. The van der Waals surface area contributed by atoms with E-state index in [1.807, 2.05) is 0 Å². The van der Waals surface area contributed by atoms with Gasteiger partial charge in [0, 0.05) is 6.04 Å². The highest BCUT2D eigenvalue weighted by atomic mass is 14.9. The van der Waals surface area contributed by atoms with Crippen LogP contribution in [0, 0.1) is 5.92 Å². The van der Waals surface area contributed by atoms with E-state index < -0.39 is 0 Å². The molecule has 1 fully saturated rings. The molecule has 1 aromatic rings. The van der Waals surface area contributed by atoms with Gasteiger partial charge in [-0.15, -0.1) is 0 Å². The summed E-state index contributed by atoms with van der Waals surface area (Å²) in [6.45, 7) is 3.44. The normalized spacial score (nSPS) is 16.5. The Hall–Kier alpha value is -0.820. The number of benzene rings is 1. The van der Waals surface area contributed by atoms with E-state index in [1.54, 1.807) is 0 Å². The molecule has 1 atom stereocenters. The van der Waals surface area contributed by atoms with Crippen molar-refractivity contribution < 1.29 is 0 Å². The lowest BCUT2D eigenvalue weighted by molar-refractivity contribution is 0.421. The number of aryl methyl sites for hydroxylation is 1. The second-order valence-electron chi connectivity index (χ2n) is 6.05. The van der Waals surface area contributed by atoms with Crippen LogP contribution in [0.15, 0.2) is 30.3 Å². The first kappa shape index (κ1) is 14.6. The summed E-state index contributed by atoms with van der Waals surface area (Å²) < 4.78 is 0. The van der Waals surface area contributed by atoms with Crippen LogP contribution in [-0.4, -0.2) is 12.6 Å². The van der Waals surface area contributed by atoms with Gasteiger partial charge in [-0.2, -0.15) is 0 Å². The zero-order valence-corrected chi connectivity index (χ0v) is 12.4. The molecule has 0 amide bonds. The largest absolute Gasteiger partial charge is 0.314 e. The standard InChI is InChI=1S/C18H29N/c1-2-15-19-18(14-13-17-11-12-17)10-6-9-16-7-4-3-5-8-16/h3-5,7-8,17-19H,2,6,9-15H2,1H3. The summed E-state index contributed by atoms with van der Waals surface area (Å²) in [5.41, 5.74) is 1.49. The number of nitrogens with one attached hydrogen (secondary N) is 1. The van der Waals surface area contributed by atoms with Gasteiger partial charge in [0.2, 0.25) is 0 Å². The molecular formula is C18H29N. The van der Waals surface area contributed by atoms with Crippen LogP contribution in [-0.2, 0) is 6.42 Å². The molecule has 0 spiro atoms. The molecule has 0 aliphatic heterocycles. The quantitative estimate of drug-likeness (QED) is 0.649. The summed E-state index contributed by atoms with van der Waals surface area (Å²) in [5, 5.41) is 3.74. The van der Waals surface area contributed by atoms with Crippen LogP contribution in [0.3, 0.4) is 0 Å². The summed E-state index contributed by atoms with van der Waals surface area (Å²) >= 11 is 0. The average molecular weight is 259 g/mol. The van der Waals surface area contributed by atoms with Gasteiger partial charge in [-0.3, -0.25) is 0 Å². The van der Waals surface area contributed by atoms with E-state index in [9.17, 15) is 0 Å². The average Bonchev–Trinajstić information content (AvgIpc) is 3.26. The van der Waals surface area contributed by atoms with Gasteiger partial charge in [-0.1, -0.05) is 50.1 Å². The number of hydrogen-bond acceptors (Lipinski definition) is 1. The molecule has 1 aliphatic rings. The summed E-state index contributed by atoms with van der Waals surface area (Å²) in [6, 6.07) is 11.6. The third-order valence-corrected chi connectivity index (χ3v) is 4.16. The molecule has 0 aromatic heterocycles. The van der Waals surface area contributed by atoms with Crippen molar-refractivity contribution in [3.8, 4) is 0 Å². The van der Waals surface area contributed by atoms with Gasteiger partial charge in [-0.25, -0.2) is 0 Å². The first-order chi connectivity index (χ1) is 9.38. The monoisotopic (exact) mass is 259 g/mol. The van der Waals surface area contributed by atoms with E-state index in [-0.39, 0.29) is 0 Å². The molecule has 0 bridgehead atoms. The highest BCUT2D eigenvalue weighted by molar-refractivity contribution is 5.14. The Morgan fingerprint density at radius 1 is 1.16 bits per heavy atom. The Bertz CT molecular complexity index is 329. The first-order valence-electron chi connectivity index (χ1n) is 8.15. The molecule has 2 rings (SSSR count). The fourth-order valence-electron chi connectivity index (χ4n) is 2.74. The van der Waals surface area contributed by atoms with Crippen molar-refractivity contribution in [1.29, 1.82) is 0 Å².